The van der Waals surface area contributed by atoms with Crippen LogP contribution in [0.2, 0.25) is 0 Å². The van der Waals surface area contributed by atoms with Gasteiger partial charge in [0.2, 0.25) is 0 Å². The van der Waals surface area contributed by atoms with Crippen molar-refractivity contribution in [3.05, 3.63) is 89.7 Å². The van der Waals surface area contributed by atoms with Crippen molar-refractivity contribution in [2.24, 2.45) is 5.10 Å². The number of amides is 1. The number of aldehydes is 1. The Morgan fingerprint density at radius 1 is 0.944 bits per heavy atom. The molecule has 3 aromatic carbocycles. The van der Waals surface area contributed by atoms with E-state index in [9.17, 15) is 9.59 Å². The summed E-state index contributed by atoms with van der Waals surface area (Å²) in [5.41, 5.74) is 5.83. The van der Waals surface area contributed by atoms with E-state index >= 15 is 0 Å². The Morgan fingerprint density at radius 3 is 2.17 bits per heavy atom. The number of hydrazone groups is 1. The van der Waals surface area contributed by atoms with E-state index in [1.165, 1.54) is 0 Å². The van der Waals surface area contributed by atoms with Crippen LogP contribution < -0.4 is 14.9 Å². The first kappa shape index (κ1) is 24.7. The summed E-state index contributed by atoms with van der Waals surface area (Å²) in [6.45, 7) is 5.01. The molecule has 4 aromatic rings. The number of aromatic nitrogens is 2. The van der Waals surface area contributed by atoms with Gasteiger partial charge >= 0.3 is 0 Å². The number of nitrogens with zero attached hydrogens (tertiary/aromatic N) is 3. The van der Waals surface area contributed by atoms with Crippen LogP contribution in [0.25, 0.3) is 11.0 Å². The van der Waals surface area contributed by atoms with E-state index < -0.39 is 0 Å². The van der Waals surface area contributed by atoms with Gasteiger partial charge in [0.1, 0.15) is 43.4 Å². The van der Waals surface area contributed by atoms with Crippen molar-refractivity contribution in [3.8, 4) is 11.5 Å². The minimum Gasteiger partial charge on any atom is -0.490 e. The lowest BCUT2D eigenvalue weighted by Crippen LogP contribution is -2.24. The summed E-state index contributed by atoms with van der Waals surface area (Å²) in [5.74, 6) is 2.21. The van der Waals surface area contributed by atoms with E-state index in [1.807, 2.05) is 53.1 Å². The van der Waals surface area contributed by atoms with E-state index in [0.29, 0.717) is 30.3 Å². The van der Waals surface area contributed by atoms with Gasteiger partial charge in [-0.25, -0.2) is 10.4 Å². The fourth-order valence-corrected chi connectivity index (χ4v) is 3.67. The molecule has 1 amide bonds. The first-order valence-electron chi connectivity index (χ1n) is 11.7. The number of benzene rings is 3. The molecule has 0 aliphatic carbocycles. The maximum atomic E-state index is 12.5. The largest absolute Gasteiger partial charge is 0.490 e. The van der Waals surface area contributed by atoms with Gasteiger partial charge in [-0.1, -0.05) is 26.0 Å². The molecule has 0 bridgehead atoms. The van der Waals surface area contributed by atoms with Crippen LogP contribution in [0.4, 0.5) is 0 Å². The Hall–Kier alpha value is -4.46. The first-order chi connectivity index (χ1) is 17.5. The molecule has 0 saturated heterocycles. The number of para-hydroxylation sites is 2. The third-order valence-electron chi connectivity index (χ3n) is 5.42. The summed E-state index contributed by atoms with van der Waals surface area (Å²) in [6.07, 6.45) is 2.38. The number of fused-ring (bicyclic) bond motifs is 1. The van der Waals surface area contributed by atoms with Gasteiger partial charge in [-0.2, -0.15) is 5.10 Å². The van der Waals surface area contributed by atoms with Crippen LogP contribution in [0.3, 0.4) is 0 Å². The molecule has 0 fully saturated rings. The molecular weight excluding hydrogens is 456 g/mol. The third kappa shape index (κ3) is 6.35. The molecular formula is C28H28N4O4. The number of carbonyl (C=O) groups excluding carboxylic acids is 2. The lowest BCUT2D eigenvalue weighted by Gasteiger charge is -2.10. The van der Waals surface area contributed by atoms with Gasteiger partial charge < -0.3 is 14.0 Å². The van der Waals surface area contributed by atoms with Crippen molar-refractivity contribution < 1.29 is 19.1 Å². The molecule has 0 atom stereocenters. The Bertz CT molecular complexity index is 1340. The zero-order valence-electron chi connectivity index (χ0n) is 20.3. The molecule has 1 aromatic heterocycles. The molecule has 1 N–H and O–H groups in total. The molecule has 1 heterocycles. The molecule has 36 heavy (non-hydrogen) atoms. The summed E-state index contributed by atoms with van der Waals surface area (Å²) >= 11 is 0. The first-order valence-corrected chi connectivity index (χ1v) is 11.7. The fraction of sp³-hybridized carbons (Fsp3) is 0.214. The van der Waals surface area contributed by atoms with Crippen molar-refractivity contribution in [2.75, 3.05) is 13.2 Å². The summed E-state index contributed by atoms with van der Waals surface area (Å²) < 4.78 is 13.2. The minimum absolute atomic E-state index is 0.140. The van der Waals surface area contributed by atoms with Crippen LogP contribution in [-0.4, -0.2) is 41.2 Å². The van der Waals surface area contributed by atoms with Crippen molar-refractivity contribution in [3.63, 3.8) is 0 Å². The monoisotopic (exact) mass is 484 g/mol. The Morgan fingerprint density at radius 2 is 1.56 bits per heavy atom. The van der Waals surface area contributed by atoms with Crippen molar-refractivity contribution in [2.45, 2.75) is 26.3 Å². The highest BCUT2D eigenvalue weighted by Crippen LogP contribution is 2.21. The van der Waals surface area contributed by atoms with Gasteiger partial charge in [-0.3, -0.25) is 9.59 Å². The van der Waals surface area contributed by atoms with Crippen molar-refractivity contribution >= 4 is 29.4 Å². The number of hydrogen-bond donors (Lipinski definition) is 1. The molecule has 0 saturated carbocycles. The molecule has 4 rings (SSSR count). The average molecular weight is 485 g/mol. The van der Waals surface area contributed by atoms with Gasteiger partial charge in [0.25, 0.3) is 5.91 Å². The van der Waals surface area contributed by atoms with Crippen LogP contribution in [0.1, 0.15) is 41.5 Å². The highest BCUT2D eigenvalue weighted by Gasteiger charge is 2.15. The molecule has 0 unspecified atom stereocenters. The fourth-order valence-electron chi connectivity index (χ4n) is 3.67. The molecule has 8 heteroatoms. The lowest BCUT2D eigenvalue weighted by atomic mass is 10.2. The van der Waals surface area contributed by atoms with Gasteiger partial charge in [0.05, 0.1) is 17.2 Å². The van der Waals surface area contributed by atoms with Crippen molar-refractivity contribution in [1.82, 2.24) is 15.0 Å². The van der Waals surface area contributed by atoms with Crippen molar-refractivity contribution in [1.29, 1.82) is 0 Å². The van der Waals surface area contributed by atoms with Crippen LogP contribution >= 0.6 is 0 Å². The number of hydrogen-bond acceptors (Lipinski definition) is 6. The summed E-state index contributed by atoms with van der Waals surface area (Å²) in [4.78, 5) is 27.9. The molecule has 0 spiro atoms. The Labute approximate surface area is 209 Å². The highest BCUT2D eigenvalue weighted by molar-refractivity contribution is 5.84. The van der Waals surface area contributed by atoms with Gasteiger partial charge in [0.15, 0.2) is 0 Å². The topological polar surface area (TPSA) is 94.8 Å². The summed E-state index contributed by atoms with van der Waals surface area (Å²) in [5, 5.41) is 4.09. The maximum absolute atomic E-state index is 12.5. The van der Waals surface area contributed by atoms with Gasteiger partial charge in [0, 0.05) is 11.5 Å². The summed E-state index contributed by atoms with van der Waals surface area (Å²) in [6, 6.07) is 22.1. The number of imidazole rings is 1. The highest BCUT2D eigenvalue weighted by atomic mass is 16.5. The molecule has 0 radical (unpaired) electrons. The third-order valence-corrected chi connectivity index (χ3v) is 5.42. The maximum Gasteiger partial charge on any atom is 0.260 e. The predicted octanol–water partition coefficient (Wildman–Crippen LogP) is 4.58. The average Bonchev–Trinajstić information content (AvgIpc) is 3.26. The Kier molecular flexibility index (Phi) is 8.08. The van der Waals surface area contributed by atoms with E-state index in [-0.39, 0.29) is 18.4 Å². The molecule has 0 aliphatic heterocycles. The number of ether oxygens (including phenoxy) is 2. The molecule has 184 valence electrons. The van der Waals surface area contributed by atoms with Crippen LogP contribution in [-0.2, 0) is 11.3 Å². The van der Waals surface area contributed by atoms with E-state index in [4.69, 9.17) is 9.47 Å². The normalized spacial score (nSPS) is 11.2. The Balaban J connectivity index is 1.24. The zero-order chi connectivity index (χ0) is 25.3. The van der Waals surface area contributed by atoms with E-state index in [1.54, 1.807) is 30.5 Å². The summed E-state index contributed by atoms with van der Waals surface area (Å²) in [7, 11) is 0. The van der Waals surface area contributed by atoms with Gasteiger partial charge in [-0.15, -0.1) is 0 Å². The standard InChI is InChI=1S/C28H28N4O4/c1-20(2)28-30-25-5-3-4-6-26(25)32(28)18-27(34)31-29-17-21-7-11-23(12-8-21)35-15-16-36-24-13-9-22(19-33)10-14-24/h3-14,17,19-20H,15-16,18H2,1-2H3,(H,31,34)/b29-17+. The SMILES string of the molecule is CC(C)c1nc2ccccc2n1CC(=O)N/N=C/c1ccc(OCCOc2ccc(C=O)cc2)cc1. The minimum atomic E-state index is -0.225. The molecule has 0 aliphatic rings. The predicted molar refractivity (Wildman–Crippen MR) is 139 cm³/mol. The molecule has 8 nitrogen and oxygen atoms in total. The number of carbonyl (C=O) groups is 2. The number of nitrogens with one attached hydrogen (secondary N) is 1. The van der Waals surface area contributed by atoms with Crippen LogP contribution in [0.5, 0.6) is 11.5 Å². The van der Waals surface area contributed by atoms with E-state index in [2.05, 4.69) is 29.4 Å². The second-order valence-corrected chi connectivity index (χ2v) is 8.45. The quantitative estimate of drug-likeness (QED) is 0.146. The number of rotatable bonds is 11. The van der Waals surface area contributed by atoms with Gasteiger partial charge in [-0.05, 0) is 66.2 Å². The van der Waals surface area contributed by atoms with Crippen LogP contribution in [0, 0.1) is 0 Å². The zero-order valence-corrected chi connectivity index (χ0v) is 20.3. The second-order valence-electron chi connectivity index (χ2n) is 8.45. The van der Waals surface area contributed by atoms with E-state index in [0.717, 1.165) is 28.7 Å². The van der Waals surface area contributed by atoms with Crippen LogP contribution in [0.15, 0.2) is 77.9 Å². The lowest BCUT2D eigenvalue weighted by molar-refractivity contribution is -0.121. The second kappa shape index (κ2) is 11.8. The smallest absolute Gasteiger partial charge is 0.260 e.